The van der Waals surface area contributed by atoms with Gasteiger partial charge in [-0.1, -0.05) is 12.1 Å². The highest BCUT2D eigenvalue weighted by Crippen LogP contribution is 2.33. The molecule has 0 aliphatic carbocycles. The molecule has 2 aromatic heterocycles. The lowest BCUT2D eigenvalue weighted by molar-refractivity contribution is 0.0638. The molecule has 1 aliphatic rings. The molecule has 3 heterocycles. The number of aromatic nitrogens is 3. The van der Waals surface area contributed by atoms with Crippen LogP contribution in [0.2, 0.25) is 0 Å². The lowest BCUT2D eigenvalue weighted by Crippen LogP contribution is -2.29. The highest BCUT2D eigenvalue weighted by Gasteiger charge is 2.35. The topological polar surface area (TPSA) is 79.0 Å². The second-order valence-electron chi connectivity index (χ2n) is 6.95. The van der Waals surface area contributed by atoms with E-state index in [1.807, 2.05) is 12.3 Å². The van der Waals surface area contributed by atoms with Crippen molar-refractivity contribution in [3.63, 3.8) is 0 Å². The Hall–Kier alpha value is -3.65. The molecule has 8 heteroatoms. The van der Waals surface area contributed by atoms with Gasteiger partial charge in [-0.15, -0.1) is 11.3 Å². The fourth-order valence-electron chi connectivity index (χ4n) is 3.47. The number of nitrogens with zero attached hydrogens (tertiary/aromatic N) is 3. The Balaban J connectivity index is 1.55. The number of amides is 2. The fourth-order valence-corrected chi connectivity index (χ4v) is 4.26. The van der Waals surface area contributed by atoms with E-state index in [0.29, 0.717) is 33.3 Å². The Kier molecular flexibility index (Phi) is 4.29. The Morgan fingerprint density at radius 3 is 2.27 bits per heavy atom. The molecule has 2 aromatic carbocycles. The first-order valence-corrected chi connectivity index (χ1v) is 10.1. The van der Waals surface area contributed by atoms with Crippen LogP contribution < -0.4 is 0 Å². The van der Waals surface area contributed by atoms with Crippen LogP contribution in [0.25, 0.3) is 22.0 Å². The summed E-state index contributed by atoms with van der Waals surface area (Å²) in [6.07, 6.45) is 0. The number of rotatable bonds is 4. The molecule has 30 heavy (non-hydrogen) atoms. The molecule has 0 bridgehead atoms. The van der Waals surface area contributed by atoms with Crippen LogP contribution >= 0.6 is 11.3 Å². The third kappa shape index (κ3) is 3.02. The number of carbonyl (C=O) groups excluding carboxylic acids is 2. The molecule has 0 spiro atoms. The Morgan fingerprint density at radius 2 is 1.67 bits per heavy atom. The smallest absolute Gasteiger partial charge is 0.261 e. The number of halogens is 1. The molecule has 0 atom stereocenters. The van der Waals surface area contributed by atoms with Gasteiger partial charge < -0.3 is 4.98 Å². The van der Waals surface area contributed by atoms with E-state index >= 15 is 0 Å². The zero-order valence-electron chi connectivity index (χ0n) is 15.8. The molecule has 0 saturated carbocycles. The summed E-state index contributed by atoms with van der Waals surface area (Å²) in [5.74, 6) is -0.577. The van der Waals surface area contributed by atoms with Crippen molar-refractivity contribution in [2.45, 2.75) is 13.5 Å². The molecule has 5 rings (SSSR count). The summed E-state index contributed by atoms with van der Waals surface area (Å²) >= 11 is 1.45. The van der Waals surface area contributed by atoms with Gasteiger partial charge >= 0.3 is 0 Å². The number of aryl methyl sites for hydroxylation is 1. The molecule has 148 valence electrons. The minimum atomic E-state index is -0.345. The lowest BCUT2D eigenvalue weighted by Gasteiger charge is -2.11. The van der Waals surface area contributed by atoms with Crippen LogP contribution in [0.5, 0.6) is 0 Å². The number of H-pyrrole nitrogens is 1. The number of benzene rings is 2. The van der Waals surface area contributed by atoms with Gasteiger partial charge in [0.1, 0.15) is 22.3 Å². The normalized spacial score (nSPS) is 13.2. The first-order chi connectivity index (χ1) is 14.5. The number of imidazole rings is 1. The van der Waals surface area contributed by atoms with Gasteiger partial charge in [-0.25, -0.2) is 14.4 Å². The second kappa shape index (κ2) is 7.00. The van der Waals surface area contributed by atoms with Gasteiger partial charge in [0.25, 0.3) is 11.8 Å². The van der Waals surface area contributed by atoms with Crippen LogP contribution in [0.4, 0.5) is 4.39 Å². The van der Waals surface area contributed by atoms with E-state index in [9.17, 15) is 14.0 Å². The van der Waals surface area contributed by atoms with E-state index < -0.39 is 0 Å². The number of thiazole rings is 1. The number of carbonyl (C=O) groups is 2. The molecule has 0 fully saturated rings. The molecule has 1 aliphatic heterocycles. The van der Waals surface area contributed by atoms with Gasteiger partial charge in [-0.05, 0) is 43.3 Å². The van der Waals surface area contributed by atoms with Crippen LogP contribution in [-0.4, -0.2) is 31.7 Å². The lowest BCUT2D eigenvalue weighted by atomic mass is 10.1. The molecule has 0 radical (unpaired) electrons. The van der Waals surface area contributed by atoms with Crippen LogP contribution in [0.3, 0.4) is 0 Å². The van der Waals surface area contributed by atoms with Crippen molar-refractivity contribution in [1.29, 1.82) is 0 Å². The predicted molar refractivity (Wildman–Crippen MR) is 110 cm³/mol. The SMILES string of the molecule is Cc1csc(-c2nc(CN3C(=O)c4ccccc4C3=O)[nH]c2-c2ccc(F)cc2)n1. The number of hydrogen-bond acceptors (Lipinski definition) is 5. The molecule has 0 saturated heterocycles. The second-order valence-corrected chi connectivity index (χ2v) is 7.81. The maximum absolute atomic E-state index is 13.4. The number of nitrogens with one attached hydrogen (secondary N) is 1. The van der Waals surface area contributed by atoms with E-state index in [2.05, 4.69) is 15.0 Å². The Morgan fingerprint density at radius 1 is 1.00 bits per heavy atom. The van der Waals surface area contributed by atoms with Crippen molar-refractivity contribution in [3.8, 4) is 22.0 Å². The summed E-state index contributed by atoms with van der Waals surface area (Å²) in [6.45, 7) is 1.90. The summed E-state index contributed by atoms with van der Waals surface area (Å²) in [7, 11) is 0. The van der Waals surface area contributed by atoms with Crippen LogP contribution in [-0.2, 0) is 6.54 Å². The van der Waals surface area contributed by atoms with Crippen molar-refractivity contribution >= 4 is 23.2 Å². The van der Waals surface area contributed by atoms with Crippen molar-refractivity contribution in [2.24, 2.45) is 0 Å². The van der Waals surface area contributed by atoms with Crippen LogP contribution in [0.1, 0.15) is 32.2 Å². The minimum absolute atomic E-state index is 0.00486. The first kappa shape index (κ1) is 18.4. The summed E-state index contributed by atoms with van der Waals surface area (Å²) < 4.78 is 13.4. The van der Waals surface area contributed by atoms with E-state index in [4.69, 9.17) is 0 Å². The molecule has 6 nitrogen and oxygen atoms in total. The maximum atomic E-state index is 13.4. The number of hydrogen-bond donors (Lipinski definition) is 1. The summed E-state index contributed by atoms with van der Waals surface area (Å²) in [5.41, 5.74) is 3.65. The van der Waals surface area contributed by atoms with E-state index in [1.54, 1.807) is 36.4 Å². The van der Waals surface area contributed by atoms with Gasteiger partial charge in [0.15, 0.2) is 0 Å². The van der Waals surface area contributed by atoms with Gasteiger partial charge in [-0.3, -0.25) is 14.5 Å². The zero-order chi connectivity index (χ0) is 20.8. The fraction of sp³-hybridized carbons (Fsp3) is 0.0909. The quantitative estimate of drug-likeness (QED) is 0.497. The molecular weight excluding hydrogens is 403 g/mol. The highest BCUT2D eigenvalue weighted by atomic mass is 32.1. The number of aromatic amines is 1. The molecule has 2 amide bonds. The molecule has 1 N–H and O–H groups in total. The van der Waals surface area contributed by atoms with Gasteiger partial charge in [0.05, 0.1) is 23.4 Å². The highest BCUT2D eigenvalue weighted by molar-refractivity contribution is 7.13. The van der Waals surface area contributed by atoms with Crippen molar-refractivity contribution in [1.82, 2.24) is 19.9 Å². The monoisotopic (exact) mass is 418 g/mol. The average molecular weight is 418 g/mol. The van der Waals surface area contributed by atoms with Crippen molar-refractivity contribution in [3.05, 3.63) is 82.4 Å². The number of imide groups is 1. The van der Waals surface area contributed by atoms with Gasteiger partial charge in [0, 0.05) is 16.6 Å². The van der Waals surface area contributed by atoms with E-state index in [0.717, 1.165) is 11.3 Å². The predicted octanol–water partition coefficient (Wildman–Crippen LogP) is 4.44. The maximum Gasteiger partial charge on any atom is 0.261 e. The summed E-state index contributed by atoms with van der Waals surface area (Å²) in [4.78, 5) is 38.9. The van der Waals surface area contributed by atoms with Gasteiger partial charge in [-0.2, -0.15) is 0 Å². The van der Waals surface area contributed by atoms with E-state index in [-0.39, 0.29) is 24.2 Å². The van der Waals surface area contributed by atoms with Crippen molar-refractivity contribution < 1.29 is 14.0 Å². The molecule has 4 aromatic rings. The molecular formula is C22H15FN4O2S. The third-order valence-corrected chi connectivity index (χ3v) is 5.86. The largest absolute Gasteiger partial charge is 0.340 e. The van der Waals surface area contributed by atoms with E-state index in [1.165, 1.54) is 28.4 Å². The van der Waals surface area contributed by atoms with Crippen LogP contribution in [0.15, 0.2) is 53.9 Å². The summed E-state index contributed by atoms with van der Waals surface area (Å²) in [5, 5.41) is 2.62. The molecule has 0 unspecified atom stereocenters. The summed E-state index contributed by atoms with van der Waals surface area (Å²) in [6, 6.07) is 12.8. The standard InChI is InChI=1S/C22H15FN4O2S/c1-12-11-30-20(24-12)19-18(13-6-8-14(23)9-7-13)25-17(26-19)10-27-21(28)15-4-2-3-5-16(15)22(27)29/h2-9,11H,10H2,1H3,(H,25,26). The van der Waals surface area contributed by atoms with Gasteiger partial charge in [0.2, 0.25) is 0 Å². The minimum Gasteiger partial charge on any atom is -0.340 e. The average Bonchev–Trinajstić information content (AvgIpc) is 3.43. The van der Waals surface area contributed by atoms with Crippen LogP contribution in [0, 0.1) is 12.7 Å². The Bertz CT molecular complexity index is 1260. The Labute approximate surface area is 175 Å². The third-order valence-electron chi connectivity index (χ3n) is 4.89. The van der Waals surface area contributed by atoms with Crippen molar-refractivity contribution in [2.75, 3.05) is 0 Å². The number of fused-ring (bicyclic) bond motifs is 1. The first-order valence-electron chi connectivity index (χ1n) is 9.24. The zero-order valence-corrected chi connectivity index (χ0v) is 16.7.